The molecule has 1 aromatic rings. The molecule has 0 bridgehead atoms. The van der Waals surface area contributed by atoms with E-state index in [1.807, 2.05) is 50.4 Å². The average molecular weight is 260 g/mol. The Bertz CT molecular complexity index is 236. The summed E-state index contributed by atoms with van der Waals surface area (Å²) in [6.07, 6.45) is 0. The van der Waals surface area contributed by atoms with E-state index >= 15 is 0 Å². The summed E-state index contributed by atoms with van der Waals surface area (Å²) < 4.78 is 5.85. The minimum absolute atomic E-state index is 1.04. The van der Waals surface area contributed by atoms with Gasteiger partial charge < -0.3 is 0 Å². The zero-order valence-electron chi connectivity index (χ0n) is 6.47. The van der Waals surface area contributed by atoms with Crippen LogP contribution in [0.15, 0.2) is 30.3 Å². The van der Waals surface area contributed by atoms with Crippen LogP contribution < -0.4 is 3.73 Å². The summed E-state index contributed by atoms with van der Waals surface area (Å²) in [6, 6.07) is 10.1. The van der Waals surface area contributed by atoms with Crippen molar-refractivity contribution in [3.8, 4) is 5.75 Å². The van der Waals surface area contributed by atoms with Crippen molar-refractivity contribution < 1.29 is 3.73 Å². The van der Waals surface area contributed by atoms with Crippen molar-refractivity contribution >= 4 is 32.7 Å². The molecule has 0 spiro atoms. The molecular formula is C8H9AsOS2. The molecule has 1 aromatic carbocycles. The molecule has 0 amide bonds. The third-order valence-electron chi connectivity index (χ3n) is 1.40. The van der Waals surface area contributed by atoms with Gasteiger partial charge in [0.25, 0.3) is 0 Å². The Morgan fingerprint density at radius 1 is 1.08 bits per heavy atom. The SMILES string of the molecule is c1ccc(O[As]2SCCS2)cc1. The van der Waals surface area contributed by atoms with Crippen LogP contribution in [0.4, 0.5) is 0 Å². The molecule has 2 rings (SSSR count). The van der Waals surface area contributed by atoms with E-state index in [4.69, 9.17) is 3.73 Å². The molecule has 1 heterocycles. The Labute approximate surface area is 83.8 Å². The molecule has 4 heteroatoms. The summed E-state index contributed by atoms with van der Waals surface area (Å²) in [5, 5.41) is 0. The first kappa shape index (κ1) is 8.86. The van der Waals surface area contributed by atoms with Crippen LogP contribution in [0.1, 0.15) is 0 Å². The molecule has 12 heavy (non-hydrogen) atoms. The summed E-state index contributed by atoms with van der Waals surface area (Å²) in [7, 11) is 4.05. The number of para-hydroxylation sites is 1. The third kappa shape index (κ3) is 2.38. The Morgan fingerprint density at radius 3 is 2.42 bits per heavy atom. The molecule has 0 atom stereocenters. The van der Waals surface area contributed by atoms with E-state index in [0.717, 1.165) is 5.75 Å². The van der Waals surface area contributed by atoms with Crippen molar-refractivity contribution in [1.29, 1.82) is 0 Å². The number of rotatable bonds is 2. The zero-order valence-corrected chi connectivity index (χ0v) is 9.98. The third-order valence-corrected chi connectivity index (χ3v) is 12.6. The molecule has 0 N–H and O–H groups in total. The van der Waals surface area contributed by atoms with E-state index in [9.17, 15) is 0 Å². The molecule has 1 nitrogen and oxygen atoms in total. The molecule has 1 fully saturated rings. The maximum atomic E-state index is 5.85. The Hall–Kier alpha value is 0.278. The molecule has 0 aliphatic carbocycles. The van der Waals surface area contributed by atoms with Crippen LogP contribution >= 0.6 is 20.0 Å². The summed E-state index contributed by atoms with van der Waals surface area (Å²) in [5.74, 6) is 3.59. The van der Waals surface area contributed by atoms with E-state index in [0.29, 0.717) is 0 Å². The van der Waals surface area contributed by atoms with Gasteiger partial charge in [0, 0.05) is 0 Å². The first-order valence-corrected chi connectivity index (χ1v) is 11.0. The topological polar surface area (TPSA) is 9.23 Å². The second-order valence-electron chi connectivity index (χ2n) is 2.29. The van der Waals surface area contributed by atoms with Gasteiger partial charge in [-0.25, -0.2) is 0 Å². The second kappa shape index (κ2) is 4.50. The van der Waals surface area contributed by atoms with Crippen LogP contribution in [0.3, 0.4) is 0 Å². The number of hydrogen-bond acceptors (Lipinski definition) is 3. The summed E-state index contributed by atoms with van der Waals surface area (Å²) in [6.45, 7) is 0. The second-order valence-corrected chi connectivity index (χ2v) is 12.8. The van der Waals surface area contributed by atoms with Crippen LogP contribution in [-0.2, 0) is 0 Å². The first-order chi connectivity index (χ1) is 5.95. The van der Waals surface area contributed by atoms with E-state index in [1.54, 1.807) is 0 Å². The van der Waals surface area contributed by atoms with Crippen molar-refractivity contribution in [2.24, 2.45) is 0 Å². The van der Waals surface area contributed by atoms with Crippen molar-refractivity contribution in [2.75, 3.05) is 11.5 Å². The fourth-order valence-corrected chi connectivity index (χ4v) is 12.8. The summed E-state index contributed by atoms with van der Waals surface area (Å²) >= 11 is -1.04. The van der Waals surface area contributed by atoms with Gasteiger partial charge in [-0.3, -0.25) is 0 Å². The predicted molar refractivity (Wildman–Crippen MR) is 57.7 cm³/mol. The molecule has 1 aliphatic heterocycles. The van der Waals surface area contributed by atoms with Crippen molar-refractivity contribution in [3.05, 3.63) is 30.3 Å². The van der Waals surface area contributed by atoms with Crippen molar-refractivity contribution in [2.45, 2.75) is 0 Å². The van der Waals surface area contributed by atoms with Crippen molar-refractivity contribution in [1.82, 2.24) is 0 Å². The summed E-state index contributed by atoms with van der Waals surface area (Å²) in [4.78, 5) is 0. The maximum absolute atomic E-state index is 5.85. The van der Waals surface area contributed by atoms with Gasteiger partial charge in [-0.1, -0.05) is 0 Å². The Balaban J connectivity index is 1.94. The standard InChI is InChI=1S/C8H9AsOS2/c1-2-4-8(5-3-1)10-9-11-6-7-12-9/h1-5H,6-7H2. The number of hydrogen-bond donors (Lipinski definition) is 0. The molecule has 1 aliphatic rings. The quantitative estimate of drug-likeness (QED) is 0.756. The van der Waals surface area contributed by atoms with Gasteiger partial charge in [0.1, 0.15) is 0 Å². The van der Waals surface area contributed by atoms with E-state index in [1.165, 1.54) is 11.5 Å². The molecule has 0 aromatic heterocycles. The van der Waals surface area contributed by atoms with Crippen LogP contribution in [0.5, 0.6) is 5.75 Å². The van der Waals surface area contributed by atoms with Gasteiger partial charge in [0.15, 0.2) is 0 Å². The Morgan fingerprint density at radius 2 is 1.75 bits per heavy atom. The van der Waals surface area contributed by atoms with Gasteiger partial charge in [-0.15, -0.1) is 0 Å². The minimum atomic E-state index is -1.04. The van der Waals surface area contributed by atoms with E-state index < -0.39 is 12.7 Å². The normalized spacial score (nSPS) is 18.0. The molecule has 0 radical (unpaired) electrons. The molecule has 64 valence electrons. The van der Waals surface area contributed by atoms with E-state index in [2.05, 4.69) is 0 Å². The molecule has 0 unspecified atom stereocenters. The predicted octanol–water partition coefficient (Wildman–Crippen LogP) is 2.53. The van der Waals surface area contributed by atoms with Gasteiger partial charge >= 0.3 is 84.0 Å². The first-order valence-electron chi connectivity index (χ1n) is 3.74. The van der Waals surface area contributed by atoms with Gasteiger partial charge in [0.05, 0.1) is 0 Å². The fraction of sp³-hybridized carbons (Fsp3) is 0.250. The van der Waals surface area contributed by atoms with Crippen LogP contribution in [0.25, 0.3) is 0 Å². The van der Waals surface area contributed by atoms with Crippen LogP contribution in [0, 0.1) is 0 Å². The summed E-state index contributed by atoms with van der Waals surface area (Å²) in [5.41, 5.74) is 0. The van der Waals surface area contributed by atoms with Gasteiger partial charge in [0.2, 0.25) is 0 Å². The van der Waals surface area contributed by atoms with Gasteiger partial charge in [-0.05, 0) is 0 Å². The van der Waals surface area contributed by atoms with Crippen LogP contribution in [-0.4, -0.2) is 24.2 Å². The molecular weight excluding hydrogens is 251 g/mol. The zero-order chi connectivity index (χ0) is 8.23. The fourth-order valence-electron chi connectivity index (χ4n) is 0.881. The Kier molecular flexibility index (Phi) is 3.32. The monoisotopic (exact) mass is 260 g/mol. The molecule has 1 saturated heterocycles. The molecule has 0 saturated carbocycles. The average Bonchev–Trinajstić information content (AvgIpc) is 2.59. The number of benzene rings is 1. The van der Waals surface area contributed by atoms with Crippen LogP contribution in [0.2, 0.25) is 0 Å². The van der Waals surface area contributed by atoms with Gasteiger partial charge in [-0.2, -0.15) is 0 Å². The van der Waals surface area contributed by atoms with Crippen molar-refractivity contribution in [3.63, 3.8) is 0 Å². The van der Waals surface area contributed by atoms with E-state index in [-0.39, 0.29) is 0 Å².